The summed E-state index contributed by atoms with van der Waals surface area (Å²) in [4.78, 5) is 4.88. The van der Waals surface area contributed by atoms with E-state index in [2.05, 4.69) is 24.2 Å². The average molecular weight is 382 g/mol. The summed E-state index contributed by atoms with van der Waals surface area (Å²) in [6, 6.07) is 14.6. The third-order valence-electron chi connectivity index (χ3n) is 4.98. The van der Waals surface area contributed by atoms with Crippen LogP contribution in [0.3, 0.4) is 0 Å². The molecule has 0 bridgehead atoms. The van der Waals surface area contributed by atoms with E-state index in [0.717, 1.165) is 22.3 Å². The van der Waals surface area contributed by atoms with Crippen molar-refractivity contribution in [2.45, 2.75) is 31.7 Å². The summed E-state index contributed by atoms with van der Waals surface area (Å²) in [5.74, 6) is 1.29. The van der Waals surface area contributed by atoms with Crippen molar-refractivity contribution in [2.75, 3.05) is 6.54 Å². The van der Waals surface area contributed by atoms with Crippen molar-refractivity contribution in [1.82, 2.24) is 9.29 Å². The van der Waals surface area contributed by atoms with Crippen molar-refractivity contribution >= 4 is 26.8 Å². The molecule has 0 saturated carbocycles. The molecule has 1 aromatic heterocycles. The van der Waals surface area contributed by atoms with Crippen LogP contribution in [-0.4, -0.2) is 24.8 Å². The van der Waals surface area contributed by atoms with Crippen LogP contribution in [0.5, 0.6) is 0 Å². The SMILES string of the molecule is Cc1ccc(S(=O)(=O)n2cc(C3CN=C(C(C)C)N3)c3ccccc32)cc1. The maximum Gasteiger partial charge on any atom is 0.268 e. The van der Waals surface area contributed by atoms with E-state index in [4.69, 9.17) is 0 Å². The molecule has 140 valence electrons. The lowest BCUT2D eigenvalue weighted by Crippen LogP contribution is -2.26. The molecule has 1 unspecified atom stereocenters. The quantitative estimate of drug-likeness (QED) is 0.746. The maximum atomic E-state index is 13.3. The Morgan fingerprint density at radius 3 is 2.48 bits per heavy atom. The fourth-order valence-electron chi connectivity index (χ4n) is 3.46. The first kappa shape index (κ1) is 17.8. The molecule has 0 aliphatic carbocycles. The molecule has 1 aliphatic heterocycles. The summed E-state index contributed by atoms with van der Waals surface area (Å²) >= 11 is 0. The molecule has 6 heteroatoms. The van der Waals surface area contributed by atoms with Gasteiger partial charge in [0.2, 0.25) is 0 Å². The van der Waals surface area contributed by atoms with Crippen molar-refractivity contribution in [3.63, 3.8) is 0 Å². The van der Waals surface area contributed by atoms with Gasteiger partial charge in [-0.25, -0.2) is 12.4 Å². The number of aromatic nitrogens is 1. The Bertz CT molecular complexity index is 1130. The van der Waals surface area contributed by atoms with Crippen LogP contribution < -0.4 is 5.32 Å². The van der Waals surface area contributed by atoms with Crippen LogP contribution >= 0.6 is 0 Å². The molecule has 0 spiro atoms. The highest BCUT2D eigenvalue weighted by atomic mass is 32.2. The fraction of sp³-hybridized carbons (Fsp3) is 0.286. The van der Waals surface area contributed by atoms with Gasteiger partial charge in [0.1, 0.15) is 0 Å². The predicted octanol–water partition coefficient (Wildman–Crippen LogP) is 3.89. The van der Waals surface area contributed by atoms with Crippen LogP contribution in [0.25, 0.3) is 10.9 Å². The molecule has 1 atom stereocenters. The molecule has 0 amide bonds. The predicted molar refractivity (Wildman–Crippen MR) is 109 cm³/mol. The Balaban J connectivity index is 1.82. The van der Waals surface area contributed by atoms with Gasteiger partial charge in [0.15, 0.2) is 0 Å². The van der Waals surface area contributed by atoms with E-state index >= 15 is 0 Å². The van der Waals surface area contributed by atoms with E-state index in [0.29, 0.717) is 22.9 Å². The molecule has 0 saturated heterocycles. The van der Waals surface area contributed by atoms with Crippen LogP contribution in [-0.2, 0) is 10.0 Å². The number of amidine groups is 1. The summed E-state index contributed by atoms with van der Waals surface area (Å²) in [6.07, 6.45) is 1.75. The Hall–Kier alpha value is -2.60. The summed E-state index contributed by atoms with van der Waals surface area (Å²) in [5, 5.41) is 4.39. The second-order valence-electron chi connectivity index (χ2n) is 7.29. The van der Waals surface area contributed by atoms with E-state index in [1.54, 1.807) is 18.3 Å². The third kappa shape index (κ3) is 3.04. The monoisotopic (exact) mass is 381 g/mol. The largest absolute Gasteiger partial charge is 0.365 e. The zero-order valence-corrected chi connectivity index (χ0v) is 16.5. The fourth-order valence-corrected chi connectivity index (χ4v) is 4.84. The molecule has 3 aromatic rings. The van der Waals surface area contributed by atoms with E-state index in [-0.39, 0.29) is 6.04 Å². The van der Waals surface area contributed by atoms with E-state index in [1.165, 1.54) is 3.97 Å². The van der Waals surface area contributed by atoms with Gasteiger partial charge in [-0.2, -0.15) is 0 Å². The van der Waals surface area contributed by atoms with Gasteiger partial charge in [-0.05, 0) is 25.1 Å². The van der Waals surface area contributed by atoms with E-state index in [9.17, 15) is 8.42 Å². The smallest absolute Gasteiger partial charge is 0.268 e. The molecule has 5 nitrogen and oxygen atoms in total. The number of fused-ring (bicyclic) bond motifs is 1. The molecular formula is C21H23N3O2S. The highest BCUT2D eigenvalue weighted by Crippen LogP contribution is 2.31. The summed E-state index contributed by atoms with van der Waals surface area (Å²) in [7, 11) is -3.67. The van der Waals surface area contributed by atoms with Gasteiger partial charge >= 0.3 is 0 Å². The van der Waals surface area contributed by atoms with Gasteiger partial charge in [0.05, 0.1) is 28.8 Å². The van der Waals surface area contributed by atoms with Gasteiger partial charge in [-0.15, -0.1) is 0 Å². The number of nitrogens with zero attached hydrogens (tertiary/aromatic N) is 2. The van der Waals surface area contributed by atoms with E-state index < -0.39 is 10.0 Å². The van der Waals surface area contributed by atoms with Crippen LogP contribution in [0.4, 0.5) is 0 Å². The van der Waals surface area contributed by atoms with Crippen molar-refractivity contribution in [3.05, 3.63) is 65.9 Å². The number of aliphatic imine (C=N–C) groups is 1. The summed E-state index contributed by atoms with van der Waals surface area (Å²) in [5.41, 5.74) is 2.68. The topological polar surface area (TPSA) is 63.5 Å². The molecule has 1 aliphatic rings. The number of hydrogen-bond donors (Lipinski definition) is 1. The standard InChI is InChI=1S/C21H23N3O2S/c1-14(2)21-22-12-19(23-21)18-13-24(20-7-5-4-6-17(18)20)27(25,26)16-10-8-15(3)9-11-16/h4-11,13-14,19H,12H2,1-3H3,(H,22,23). The minimum Gasteiger partial charge on any atom is -0.365 e. The molecule has 4 rings (SSSR count). The number of nitrogens with one attached hydrogen (secondary N) is 1. The Kier molecular flexibility index (Phi) is 4.30. The molecule has 1 N–H and O–H groups in total. The molecular weight excluding hydrogens is 358 g/mol. The van der Waals surface area contributed by atoms with Crippen molar-refractivity contribution < 1.29 is 8.42 Å². The lowest BCUT2D eigenvalue weighted by Gasteiger charge is -2.12. The normalized spacial score (nSPS) is 17.3. The minimum absolute atomic E-state index is 0.0123. The van der Waals surface area contributed by atoms with Crippen molar-refractivity contribution in [1.29, 1.82) is 0 Å². The number of hydrogen-bond acceptors (Lipinski definition) is 4. The van der Waals surface area contributed by atoms with Crippen LogP contribution in [0, 0.1) is 12.8 Å². The van der Waals surface area contributed by atoms with Gasteiger partial charge in [0, 0.05) is 23.1 Å². The van der Waals surface area contributed by atoms with Crippen LogP contribution in [0.15, 0.2) is 64.6 Å². The molecule has 0 fully saturated rings. The first-order chi connectivity index (χ1) is 12.9. The summed E-state index contributed by atoms with van der Waals surface area (Å²) < 4.78 is 27.9. The zero-order chi connectivity index (χ0) is 19.2. The summed E-state index contributed by atoms with van der Waals surface area (Å²) in [6.45, 7) is 6.75. The van der Waals surface area contributed by atoms with Gasteiger partial charge in [-0.3, -0.25) is 4.99 Å². The molecule has 2 aromatic carbocycles. The number of aryl methyl sites for hydroxylation is 1. The Morgan fingerprint density at radius 2 is 1.81 bits per heavy atom. The Labute approximate surface area is 159 Å². The molecule has 0 radical (unpaired) electrons. The highest BCUT2D eigenvalue weighted by Gasteiger charge is 2.27. The van der Waals surface area contributed by atoms with Crippen LogP contribution in [0.1, 0.15) is 31.0 Å². The van der Waals surface area contributed by atoms with Crippen LogP contribution in [0.2, 0.25) is 0 Å². The molecule has 27 heavy (non-hydrogen) atoms. The van der Waals surface area contributed by atoms with Gasteiger partial charge in [0.25, 0.3) is 10.0 Å². The maximum absolute atomic E-state index is 13.3. The van der Waals surface area contributed by atoms with Crippen molar-refractivity contribution in [2.24, 2.45) is 10.9 Å². The number of para-hydroxylation sites is 1. The minimum atomic E-state index is -3.67. The average Bonchev–Trinajstić information content (AvgIpc) is 3.27. The highest BCUT2D eigenvalue weighted by molar-refractivity contribution is 7.90. The third-order valence-corrected chi connectivity index (χ3v) is 6.66. The lowest BCUT2D eigenvalue weighted by atomic mass is 10.1. The van der Waals surface area contributed by atoms with E-state index in [1.807, 2.05) is 43.3 Å². The molecule has 2 heterocycles. The van der Waals surface area contributed by atoms with Crippen molar-refractivity contribution in [3.8, 4) is 0 Å². The Morgan fingerprint density at radius 1 is 1.11 bits per heavy atom. The van der Waals surface area contributed by atoms with Gasteiger partial charge < -0.3 is 5.32 Å². The second kappa shape index (κ2) is 6.53. The lowest BCUT2D eigenvalue weighted by molar-refractivity contribution is 0.588. The first-order valence-electron chi connectivity index (χ1n) is 9.11. The van der Waals surface area contributed by atoms with Gasteiger partial charge in [-0.1, -0.05) is 49.7 Å². The number of benzene rings is 2. The number of rotatable bonds is 4. The second-order valence-corrected chi connectivity index (χ2v) is 9.11. The zero-order valence-electron chi connectivity index (χ0n) is 15.7. The first-order valence-corrected chi connectivity index (χ1v) is 10.5.